The van der Waals surface area contributed by atoms with Gasteiger partial charge in [0.05, 0.1) is 5.75 Å². The highest BCUT2D eigenvalue weighted by Crippen LogP contribution is 2.21. The molecule has 102 valence electrons. The molecule has 1 unspecified atom stereocenters. The summed E-state index contributed by atoms with van der Waals surface area (Å²) in [5, 5.41) is 3.11. The quantitative estimate of drug-likeness (QED) is 0.812. The topological polar surface area (TPSA) is 46.2 Å². The van der Waals surface area contributed by atoms with E-state index in [0.29, 0.717) is 18.5 Å². The molecule has 1 rings (SSSR count). The summed E-state index contributed by atoms with van der Waals surface area (Å²) in [4.78, 5) is 0. The lowest BCUT2D eigenvalue weighted by atomic mass is 10.1. The molecule has 1 aromatic carbocycles. The fraction of sp³-hybridized carbons (Fsp3) is 0.500. The van der Waals surface area contributed by atoms with Crippen LogP contribution in [0.5, 0.6) is 0 Å². The van der Waals surface area contributed by atoms with Crippen LogP contribution in [0.2, 0.25) is 0 Å². The van der Waals surface area contributed by atoms with Crippen LogP contribution in [-0.4, -0.2) is 27.0 Å². The van der Waals surface area contributed by atoms with Crippen molar-refractivity contribution in [3.05, 3.63) is 34.1 Å². The zero-order valence-corrected chi connectivity index (χ0v) is 12.8. The van der Waals surface area contributed by atoms with Gasteiger partial charge in [0.1, 0.15) is 15.7 Å². The third-order valence-corrected chi connectivity index (χ3v) is 4.09. The van der Waals surface area contributed by atoms with Crippen molar-refractivity contribution in [2.24, 2.45) is 0 Å². The minimum Gasteiger partial charge on any atom is -0.310 e. The van der Waals surface area contributed by atoms with Crippen molar-refractivity contribution >= 4 is 25.8 Å². The Hall–Kier alpha value is -0.460. The van der Waals surface area contributed by atoms with Crippen LogP contribution in [0.25, 0.3) is 0 Å². The number of benzene rings is 1. The molecular weight excluding hydrogens is 321 g/mol. The molecule has 0 heterocycles. The molecule has 1 N–H and O–H groups in total. The molecule has 0 radical (unpaired) electrons. The number of halogens is 2. The molecule has 6 heteroatoms. The lowest BCUT2D eigenvalue weighted by Crippen LogP contribution is -2.22. The molecule has 0 aliphatic rings. The zero-order chi connectivity index (χ0) is 13.8. The number of sulfone groups is 1. The minimum absolute atomic E-state index is 0.147. The predicted octanol–water partition coefficient (Wildman–Crippen LogP) is 2.67. The maximum atomic E-state index is 13.6. The maximum Gasteiger partial charge on any atom is 0.147 e. The molecule has 0 aliphatic heterocycles. The van der Waals surface area contributed by atoms with E-state index in [1.165, 1.54) is 12.3 Å². The van der Waals surface area contributed by atoms with Crippen molar-refractivity contribution < 1.29 is 12.8 Å². The van der Waals surface area contributed by atoms with Crippen molar-refractivity contribution in [2.75, 3.05) is 18.6 Å². The van der Waals surface area contributed by atoms with Crippen molar-refractivity contribution in [3.63, 3.8) is 0 Å². The van der Waals surface area contributed by atoms with Gasteiger partial charge in [-0.25, -0.2) is 12.8 Å². The average Bonchev–Trinajstić information content (AvgIpc) is 2.26. The van der Waals surface area contributed by atoms with E-state index in [2.05, 4.69) is 21.2 Å². The summed E-state index contributed by atoms with van der Waals surface area (Å²) in [6, 6.07) is 4.63. The summed E-state index contributed by atoms with van der Waals surface area (Å²) in [7, 11) is -2.92. The van der Waals surface area contributed by atoms with E-state index in [1.54, 1.807) is 12.1 Å². The highest BCUT2D eigenvalue weighted by Gasteiger charge is 2.11. The van der Waals surface area contributed by atoms with Crippen molar-refractivity contribution in [1.29, 1.82) is 0 Å². The van der Waals surface area contributed by atoms with Gasteiger partial charge in [0, 0.05) is 22.3 Å². The van der Waals surface area contributed by atoms with Crippen molar-refractivity contribution in [3.8, 4) is 0 Å². The monoisotopic (exact) mass is 337 g/mol. The second-order valence-electron chi connectivity index (χ2n) is 4.33. The van der Waals surface area contributed by atoms with Gasteiger partial charge < -0.3 is 5.32 Å². The van der Waals surface area contributed by atoms with Gasteiger partial charge in [-0.1, -0.05) is 15.9 Å². The maximum absolute atomic E-state index is 13.6. The summed E-state index contributed by atoms with van der Waals surface area (Å²) in [5.74, 6) is -0.116. The second-order valence-corrected chi connectivity index (χ2v) is 7.50. The highest BCUT2D eigenvalue weighted by molar-refractivity contribution is 9.10. The van der Waals surface area contributed by atoms with Gasteiger partial charge in [-0.05, 0) is 38.1 Å². The molecule has 0 amide bonds. The first-order valence-electron chi connectivity index (χ1n) is 5.65. The normalized spacial score (nSPS) is 13.6. The number of nitrogens with one attached hydrogen (secondary N) is 1. The van der Waals surface area contributed by atoms with Gasteiger partial charge >= 0.3 is 0 Å². The van der Waals surface area contributed by atoms with Crippen LogP contribution < -0.4 is 5.32 Å². The van der Waals surface area contributed by atoms with Crippen LogP contribution in [0.15, 0.2) is 22.7 Å². The first-order chi connectivity index (χ1) is 8.29. The Morgan fingerprint density at radius 3 is 2.72 bits per heavy atom. The Kier molecular flexibility index (Phi) is 5.75. The van der Waals surface area contributed by atoms with E-state index in [9.17, 15) is 12.8 Å². The van der Waals surface area contributed by atoms with E-state index < -0.39 is 9.84 Å². The molecule has 1 atom stereocenters. The number of rotatable bonds is 6. The van der Waals surface area contributed by atoms with E-state index in [0.717, 1.165) is 4.47 Å². The number of hydrogen-bond acceptors (Lipinski definition) is 3. The first-order valence-corrected chi connectivity index (χ1v) is 8.51. The van der Waals surface area contributed by atoms with Crippen LogP contribution in [0.1, 0.15) is 24.9 Å². The van der Waals surface area contributed by atoms with Crippen LogP contribution in [0, 0.1) is 5.82 Å². The molecule has 0 saturated carbocycles. The second kappa shape index (κ2) is 6.63. The summed E-state index contributed by atoms with van der Waals surface area (Å²) in [6.45, 7) is 2.39. The van der Waals surface area contributed by atoms with Gasteiger partial charge in [-0.15, -0.1) is 0 Å². The summed E-state index contributed by atoms with van der Waals surface area (Å²) < 4.78 is 36.3. The minimum atomic E-state index is -2.92. The third-order valence-electron chi connectivity index (χ3n) is 2.57. The van der Waals surface area contributed by atoms with Gasteiger partial charge in [0.15, 0.2) is 0 Å². The SMILES string of the molecule is CC(NCCCS(C)(=O)=O)c1cc(Br)ccc1F. The Balaban J connectivity index is 2.50. The van der Waals surface area contributed by atoms with Crippen LogP contribution in [0.3, 0.4) is 0 Å². The molecule has 0 bridgehead atoms. The fourth-order valence-corrected chi connectivity index (χ4v) is 2.66. The molecule has 0 saturated heterocycles. The van der Waals surface area contributed by atoms with E-state index in [-0.39, 0.29) is 17.6 Å². The number of hydrogen-bond donors (Lipinski definition) is 1. The molecule has 0 spiro atoms. The molecular formula is C12H17BrFNO2S. The van der Waals surface area contributed by atoms with Crippen LogP contribution >= 0.6 is 15.9 Å². The molecule has 3 nitrogen and oxygen atoms in total. The fourth-order valence-electron chi connectivity index (χ4n) is 1.61. The largest absolute Gasteiger partial charge is 0.310 e. The van der Waals surface area contributed by atoms with E-state index in [4.69, 9.17) is 0 Å². The van der Waals surface area contributed by atoms with E-state index in [1.807, 2.05) is 6.92 Å². The summed E-state index contributed by atoms with van der Waals surface area (Å²) >= 11 is 3.30. The van der Waals surface area contributed by atoms with Gasteiger partial charge in [0.2, 0.25) is 0 Å². The molecule has 1 aromatic rings. The zero-order valence-electron chi connectivity index (χ0n) is 10.4. The Bertz CT molecular complexity index is 505. The molecule has 0 fully saturated rings. The van der Waals surface area contributed by atoms with Gasteiger partial charge in [-0.2, -0.15) is 0 Å². The van der Waals surface area contributed by atoms with E-state index >= 15 is 0 Å². The lowest BCUT2D eigenvalue weighted by Gasteiger charge is -2.15. The van der Waals surface area contributed by atoms with Gasteiger partial charge in [0.25, 0.3) is 0 Å². The molecule has 0 aromatic heterocycles. The smallest absolute Gasteiger partial charge is 0.147 e. The highest BCUT2D eigenvalue weighted by atomic mass is 79.9. The van der Waals surface area contributed by atoms with Gasteiger partial charge in [-0.3, -0.25) is 0 Å². The molecule has 18 heavy (non-hydrogen) atoms. The standard InChI is InChI=1S/C12H17BrFNO2S/c1-9(15-6-3-7-18(2,16)17)11-8-10(13)4-5-12(11)14/h4-5,8-9,15H,3,6-7H2,1-2H3. The average molecular weight is 338 g/mol. The van der Waals surface area contributed by atoms with Crippen LogP contribution in [-0.2, 0) is 9.84 Å². The third kappa shape index (κ3) is 5.46. The summed E-state index contributed by atoms with van der Waals surface area (Å²) in [6.07, 6.45) is 1.74. The molecule has 0 aliphatic carbocycles. The Morgan fingerprint density at radius 1 is 1.44 bits per heavy atom. The summed E-state index contributed by atoms with van der Waals surface area (Å²) in [5.41, 5.74) is 0.573. The van der Waals surface area contributed by atoms with Crippen molar-refractivity contribution in [2.45, 2.75) is 19.4 Å². The van der Waals surface area contributed by atoms with Crippen molar-refractivity contribution in [1.82, 2.24) is 5.32 Å². The Labute approximate surface area is 116 Å². The predicted molar refractivity (Wildman–Crippen MR) is 74.8 cm³/mol. The first kappa shape index (κ1) is 15.6. The van der Waals surface area contributed by atoms with Crippen LogP contribution in [0.4, 0.5) is 4.39 Å². The lowest BCUT2D eigenvalue weighted by molar-refractivity contribution is 0.525. The Morgan fingerprint density at radius 2 is 2.11 bits per heavy atom.